The summed E-state index contributed by atoms with van der Waals surface area (Å²) in [7, 11) is 1.72. The molecule has 0 fully saturated rings. The minimum Gasteiger partial charge on any atom is -0.325 e. The van der Waals surface area contributed by atoms with Gasteiger partial charge in [-0.05, 0) is 33.0 Å². The van der Waals surface area contributed by atoms with E-state index >= 15 is 0 Å². The fraction of sp³-hybridized carbons (Fsp3) is 0.333. The van der Waals surface area contributed by atoms with Crippen molar-refractivity contribution >= 4 is 17.4 Å². The number of ketones is 1. The molecule has 0 saturated heterocycles. The number of hydrogen-bond acceptors (Lipinski definition) is 3. The van der Waals surface area contributed by atoms with Crippen LogP contribution in [0.25, 0.3) is 0 Å². The van der Waals surface area contributed by atoms with Gasteiger partial charge in [0.2, 0.25) is 5.91 Å². The minimum absolute atomic E-state index is 0.0160. The molecule has 1 atom stereocenters. The van der Waals surface area contributed by atoms with Gasteiger partial charge in [0.15, 0.2) is 5.78 Å². The lowest BCUT2D eigenvalue weighted by Gasteiger charge is -2.11. The molecule has 16 heavy (non-hydrogen) atoms. The molecule has 4 nitrogen and oxygen atoms in total. The maximum Gasteiger partial charge on any atom is 0.241 e. The SMILES string of the molecule is CNC(C)C(=O)Nc1cccc(C(C)=O)c1. The number of carbonyl (C=O) groups is 2. The number of benzene rings is 1. The van der Waals surface area contributed by atoms with Crippen LogP contribution in [0.1, 0.15) is 24.2 Å². The normalized spacial score (nSPS) is 11.9. The Labute approximate surface area is 95.0 Å². The molecule has 1 rings (SSSR count). The van der Waals surface area contributed by atoms with E-state index in [1.807, 2.05) is 0 Å². The molecule has 1 aromatic rings. The van der Waals surface area contributed by atoms with Gasteiger partial charge in [-0.25, -0.2) is 0 Å². The second kappa shape index (κ2) is 5.42. The van der Waals surface area contributed by atoms with Crippen LogP contribution in [0.4, 0.5) is 5.69 Å². The summed E-state index contributed by atoms with van der Waals surface area (Å²) in [6.07, 6.45) is 0. The van der Waals surface area contributed by atoms with E-state index in [-0.39, 0.29) is 17.7 Å². The third kappa shape index (κ3) is 3.17. The van der Waals surface area contributed by atoms with Crippen molar-refractivity contribution in [3.05, 3.63) is 29.8 Å². The first-order valence-corrected chi connectivity index (χ1v) is 5.13. The van der Waals surface area contributed by atoms with Crippen LogP contribution >= 0.6 is 0 Å². The molecule has 1 unspecified atom stereocenters. The molecular weight excluding hydrogens is 204 g/mol. The number of likely N-dealkylation sites (N-methyl/N-ethyl adjacent to an activating group) is 1. The molecule has 0 saturated carbocycles. The highest BCUT2D eigenvalue weighted by Gasteiger charge is 2.10. The number of amides is 1. The number of carbonyl (C=O) groups excluding carboxylic acids is 2. The van der Waals surface area contributed by atoms with Gasteiger partial charge < -0.3 is 10.6 Å². The molecular formula is C12H16N2O2. The maximum absolute atomic E-state index is 11.6. The fourth-order valence-electron chi connectivity index (χ4n) is 1.20. The quantitative estimate of drug-likeness (QED) is 0.755. The van der Waals surface area contributed by atoms with Gasteiger partial charge in [-0.1, -0.05) is 12.1 Å². The molecule has 86 valence electrons. The smallest absolute Gasteiger partial charge is 0.241 e. The standard InChI is InChI=1S/C12H16N2O2/c1-8(13-3)12(16)14-11-6-4-5-10(7-11)9(2)15/h4-8,13H,1-3H3,(H,14,16). The molecule has 4 heteroatoms. The topological polar surface area (TPSA) is 58.2 Å². The molecule has 0 radical (unpaired) electrons. The molecule has 0 spiro atoms. The zero-order chi connectivity index (χ0) is 12.1. The highest BCUT2D eigenvalue weighted by Crippen LogP contribution is 2.11. The Morgan fingerprint density at radius 2 is 2.00 bits per heavy atom. The van der Waals surface area contributed by atoms with Crippen molar-refractivity contribution in [2.45, 2.75) is 19.9 Å². The summed E-state index contributed by atoms with van der Waals surface area (Å²) in [5, 5.41) is 5.58. The van der Waals surface area contributed by atoms with Crippen molar-refractivity contribution in [1.29, 1.82) is 0 Å². The van der Waals surface area contributed by atoms with Gasteiger partial charge in [0.05, 0.1) is 6.04 Å². The highest BCUT2D eigenvalue weighted by molar-refractivity contribution is 5.98. The Morgan fingerprint density at radius 3 is 2.56 bits per heavy atom. The first kappa shape index (κ1) is 12.4. The minimum atomic E-state index is -0.263. The van der Waals surface area contributed by atoms with E-state index in [1.54, 1.807) is 38.2 Å². The predicted octanol–water partition coefficient (Wildman–Crippen LogP) is 1.44. The van der Waals surface area contributed by atoms with E-state index in [1.165, 1.54) is 6.92 Å². The van der Waals surface area contributed by atoms with Crippen LogP contribution in [0.15, 0.2) is 24.3 Å². The Balaban J connectivity index is 2.78. The molecule has 1 aromatic carbocycles. The number of rotatable bonds is 4. The lowest BCUT2D eigenvalue weighted by Crippen LogP contribution is -2.35. The highest BCUT2D eigenvalue weighted by atomic mass is 16.2. The zero-order valence-corrected chi connectivity index (χ0v) is 9.70. The van der Waals surface area contributed by atoms with Crippen LogP contribution in [-0.2, 0) is 4.79 Å². The molecule has 1 amide bonds. The average molecular weight is 220 g/mol. The number of anilines is 1. The predicted molar refractivity (Wildman–Crippen MR) is 63.6 cm³/mol. The summed E-state index contributed by atoms with van der Waals surface area (Å²) in [5.41, 5.74) is 1.23. The van der Waals surface area contributed by atoms with Gasteiger partial charge in [-0.3, -0.25) is 9.59 Å². The maximum atomic E-state index is 11.6. The first-order valence-electron chi connectivity index (χ1n) is 5.13. The van der Waals surface area contributed by atoms with Crippen molar-refractivity contribution < 1.29 is 9.59 Å². The van der Waals surface area contributed by atoms with Crippen LogP contribution in [0, 0.1) is 0 Å². The summed E-state index contributed by atoms with van der Waals surface area (Å²) in [6.45, 7) is 3.27. The second-order valence-electron chi connectivity index (χ2n) is 3.64. The Morgan fingerprint density at radius 1 is 1.31 bits per heavy atom. The number of Topliss-reactive ketones (excluding diaryl/α,β-unsaturated/α-hetero) is 1. The van der Waals surface area contributed by atoms with E-state index in [0.717, 1.165) is 0 Å². The Hall–Kier alpha value is -1.68. The fourth-order valence-corrected chi connectivity index (χ4v) is 1.20. The largest absolute Gasteiger partial charge is 0.325 e. The summed E-state index contributed by atoms with van der Waals surface area (Å²) in [4.78, 5) is 22.7. The summed E-state index contributed by atoms with van der Waals surface area (Å²) < 4.78 is 0. The van der Waals surface area contributed by atoms with Crippen LogP contribution in [0.2, 0.25) is 0 Å². The van der Waals surface area contributed by atoms with Crippen molar-refractivity contribution in [2.75, 3.05) is 12.4 Å². The summed E-state index contributed by atoms with van der Waals surface area (Å²) in [5.74, 6) is -0.138. The summed E-state index contributed by atoms with van der Waals surface area (Å²) in [6, 6.07) is 6.63. The van der Waals surface area contributed by atoms with E-state index < -0.39 is 0 Å². The molecule has 0 aliphatic heterocycles. The number of hydrogen-bond donors (Lipinski definition) is 2. The van der Waals surface area contributed by atoms with Crippen LogP contribution in [0.5, 0.6) is 0 Å². The first-order chi connectivity index (χ1) is 7.54. The van der Waals surface area contributed by atoms with Crippen molar-refractivity contribution in [1.82, 2.24) is 5.32 Å². The third-order valence-corrected chi connectivity index (χ3v) is 2.36. The Kier molecular flexibility index (Phi) is 4.19. The van der Waals surface area contributed by atoms with Gasteiger partial charge in [0.25, 0.3) is 0 Å². The number of nitrogens with one attached hydrogen (secondary N) is 2. The molecule has 2 N–H and O–H groups in total. The lowest BCUT2D eigenvalue weighted by molar-refractivity contribution is -0.117. The van der Waals surface area contributed by atoms with Crippen molar-refractivity contribution in [3.8, 4) is 0 Å². The van der Waals surface area contributed by atoms with Gasteiger partial charge in [-0.15, -0.1) is 0 Å². The van der Waals surface area contributed by atoms with Crippen molar-refractivity contribution in [3.63, 3.8) is 0 Å². The lowest BCUT2D eigenvalue weighted by atomic mass is 10.1. The second-order valence-corrected chi connectivity index (χ2v) is 3.64. The van der Waals surface area contributed by atoms with E-state index in [0.29, 0.717) is 11.3 Å². The third-order valence-electron chi connectivity index (χ3n) is 2.36. The molecule has 0 aliphatic rings. The van der Waals surface area contributed by atoms with Crippen LogP contribution < -0.4 is 10.6 Å². The van der Waals surface area contributed by atoms with Crippen molar-refractivity contribution in [2.24, 2.45) is 0 Å². The van der Waals surface area contributed by atoms with Gasteiger partial charge in [0.1, 0.15) is 0 Å². The van der Waals surface area contributed by atoms with Crippen LogP contribution in [-0.4, -0.2) is 24.8 Å². The monoisotopic (exact) mass is 220 g/mol. The van der Waals surface area contributed by atoms with Gasteiger partial charge >= 0.3 is 0 Å². The Bertz CT molecular complexity index is 402. The van der Waals surface area contributed by atoms with E-state index in [9.17, 15) is 9.59 Å². The molecule has 0 aromatic heterocycles. The van der Waals surface area contributed by atoms with E-state index in [2.05, 4.69) is 10.6 Å². The van der Waals surface area contributed by atoms with E-state index in [4.69, 9.17) is 0 Å². The molecule has 0 aliphatic carbocycles. The zero-order valence-electron chi connectivity index (χ0n) is 9.70. The van der Waals surface area contributed by atoms with Gasteiger partial charge in [0, 0.05) is 11.3 Å². The van der Waals surface area contributed by atoms with Gasteiger partial charge in [-0.2, -0.15) is 0 Å². The summed E-state index contributed by atoms with van der Waals surface area (Å²) >= 11 is 0. The van der Waals surface area contributed by atoms with Crippen LogP contribution in [0.3, 0.4) is 0 Å². The molecule has 0 heterocycles. The molecule has 0 bridgehead atoms. The average Bonchev–Trinajstić information content (AvgIpc) is 2.28.